The lowest BCUT2D eigenvalue weighted by Gasteiger charge is -2.60. The van der Waals surface area contributed by atoms with Crippen molar-refractivity contribution in [2.75, 3.05) is 27.2 Å². The van der Waals surface area contributed by atoms with Gasteiger partial charge in [-0.15, -0.1) is 0 Å². The fraction of sp³-hybridized carbons (Fsp3) is 1.00. The summed E-state index contributed by atoms with van der Waals surface area (Å²) in [4.78, 5) is 7.96. The van der Waals surface area contributed by atoms with Crippen molar-refractivity contribution in [2.24, 2.45) is 5.73 Å². The van der Waals surface area contributed by atoms with Crippen LogP contribution >= 0.6 is 0 Å². The Kier molecular flexibility index (Phi) is 5.98. The summed E-state index contributed by atoms with van der Waals surface area (Å²) in [5, 5.41) is 0. The molecule has 2 saturated heterocycles. The maximum Gasteiger partial charge on any atom is 0.0170 e. The van der Waals surface area contributed by atoms with Crippen LogP contribution < -0.4 is 5.73 Å². The lowest BCUT2D eigenvalue weighted by Crippen LogP contribution is -2.67. The summed E-state index contributed by atoms with van der Waals surface area (Å²) in [7, 11) is 4.59. The molecule has 2 N–H and O–H groups in total. The van der Waals surface area contributed by atoms with Crippen molar-refractivity contribution in [3.8, 4) is 0 Å². The molecule has 4 nitrogen and oxygen atoms in total. The van der Waals surface area contributed by atoms with Gasteiger partial charge >= 0.3 is 0 Å². The van der Waals surface area contributed by atoms with E-state index in [1.54, 1.807) is 0 Å². The zero-order chi connectivity index (χ0) is 20.1. The molecule has 0 aromatic rings. The molecule has 0 saturated carbocycles. The summed E-state index contributed by atoms with van der Waals surface area (Å²) in [6.07, 6.45) is 4.89. The van der Waals surface area contributed by atoms with Gasteiger partial charge < -0.3 is 5.73 Å². The number of nitrogens with zero attached hydrogens (tertiary/aromatic N) is 3. The number of piperidine rings is 2. The van der Waals surface area contributed by atoms with Crippen LogP contribution in [-0.2, 0) is 0 Å². The largest absolute Gasteiger partial charge is 0.329 e. The highest BCUT2D eigenvalue weighted by atomic mass is 15.3. The Morgan fingerprint density at radius 3 is 1.19 bits per heavy atom. The molecular formula is C22H46N4. The number of likely N-dealkylation sites (tertiary alicyclic amines) is 2. The first-order valence-electron chi connectivity index (χ1n) is 10.6. The Morgan fingerprint density at radius 1 is 0.692 bits per heavy atom. The van der Waals surface area contributed by atoms with Crippen LogP contribution in [-0.4, -0.2) is 76.1 Å². The Morgan fingerprint density at radius 2 is 0.962 bits per heavy atom. The highest BCUT2D eigenvalue weighted by Crippen LogP contribution is 2.43. The molecule has 0 amide bonds. The molecule has 0 bridgehead atoms. The van der Waals surface area contributed by atoms with Crippen LogP contribution in [0.25, 0.3) is 0 Å². The number of nitrogens with two attached hydrogens (primary N) is 1. The molecule has 2 aliphatic heterocycles. The average Bonchev–Trinajstić information content (AvgIpc) is 2.46. The fourth-order valence-electron chi connectivity index (χ4n) is 5.92. The van der Waals surface area contributed by atoms with E-state index in [1.807, 2.05) is 0 Å². The van der Waals surface area contributed by atoms with Gasteiger partial charge in [0.1, 0.15) is 0 Å². The molecule has 2 rings (SSSR count). The second-order valence-electron chi connectivity index (χ2n) is 11.5. The standard InChI is InChI=1S/C22H46N4/c1-19(2)13-17(14-20(3,4)24(19)9)26(12-11-23)18-15-21(5,6)25(10)22(7,8)16-18/h17-18H,11-16,23H2,1-10H3. The molecule has 0 aromatic carbocycles. The summed E-state index contributed by atoms with van der Waals surface area (Å²) in [5.74, 6) is 0. The quantitative estimate of drug-likeness (QED) is 0.825. The van der Waals surface area contributed by atoms with Gasteiger partial charge in [-0.3, -0.25) is 14.7 Å². The lowest BCUT2D eigenvalue weighted by atomic mass is 9.73. The molecule has 0 radical (unpaired) electrons. The highest BCUT2D eigenvalue weighted by molar-refractivity contribution is 5.06. The minimum atomic E-state index is 0.218. The van der Waals surface area contributed by atoms with Crippen molar-refractivity contribution >= 4 is 0 Å². The molecule has 0 unspecified atom stereocenters. The Hall–Kier alpha value is -0.160. The molecule has 0 spiro atoms. The Balaban J connectivity index is 2.31. The summed E-state index contributed by atoms with van der Waals surface area (Å²) < 4.78 is 0. The van der Waals surface area contributed by atoms with Gasteiger partial charge in [0, 0.05) is 47.3 Å². The van der Waals surface area contributed by atoms with E-state index in [2.05, 4.69) is 84.2 Å². The van der Waals surface area contributed by atoms with E-state index in [0.29, 0.717) is 12.1 Å². The molecule has 26 heavy (non-hydrogen) atoms. The van der Waals surface area contributed by atoms with Gasteiger partial charge in [0.05, 0.1) is 0 Å². The third-order valence-corrected chi connectivity index (χ3v) is 7.90. The van der Waals surface area contributed by atoms with Gasteiger partial charge in [-0.25, -0.2) is 0 Å². The van der Waals surface area contributed by atoms with Gasteiger partial charge in [0.15, 0.2) is 0 Å². The number of rotatable bonds is 4. The van der Waals surface area contributed by atoms with E-state index < -0.39 is 0 Å². The van der Waals surface area contributed by atoms with Gasteiger partial charge in [-0.05, 0) is 95.2 Å². The molecule has 154 valence electrons. The van der Waals surface area contributed by atoms with Crippen LogP contribution in [0.1, 0.15) is 81.1 Å². The summed E-state index contributed by atoms with van der Waals surface area (Å²) in [5.41, 5.74) is 6.98. The van der Waals surface area contributed by atoms with Crippen molar-refractivity contribution in [2.45, 2.75) is 115 Å². The minimum Gasteiger partial charge on any atom is -0.329 e. The summed E-state index contributed by atoms with van der Waals surface area (Å²) in [6.45, 7) is 21.0. The van der Waals surface area contributed by atoms with Crippen LogP contribution in [0.4, 0.5) is 0 Å². The first-order valence-corrected chi connectivity index (χ1v) is 10.6. The van der Waals surface area contributed by atoms with E-state index in [0.717, 1.165) is 13.1 Å². The molecule has 2 aliphatic rings. The van der Waals surface area contributed by atoms with E-state index >= 15 is 0 Å². The maximum absolute atomic E-state index is 6.11. The van der Waals surface area contributed by atoms with E-state index in [4.69, 9.17) is 5.73 Å². The zero-order valence-electron chi connectivity index (χ0n) is 19.3. The van der Waals surface area contributed by atoms with Crippen LogP contribution in [0.5, 0.6) is 0 Å². The topological polar surface area (TPSA) is 35.7 Å². The fourth-order valence-corrected chi connectivity index (χ4v) is 5.92. The van der Waals surface area contributed by atoms with Crippen molar-refractivity contribution in [3.05, 3.63) is 0 Å². The van der Waals surface area contributed by atoms with Gasteiger partial charge in [-0.1, -0.05) is 0 Å². The third-order valence-electron chi connectivity index (χ3n) is 7.90. The van der Waals surface area contributed by atoms with E-state index in [9.17, 15) is 0 Å². The number of hydrogen-bond donors (Lipinski definition) is 1. The first kappa shape index (κ1) is 22.1. The van der Waals surface area contributed by atoms with Crippen molar-refractivity contribution < 1.29 is 0 Å². The predicted molar refractivity (Wildman–Crippen MR) is 114 cm³/mol. The number of hydrogen-bond acceptors (Lipinski definition) is 4. The summed E-state index contributed by atoms with van der Waals surface area (Å²) in [6, 6.07) is 1.22. The normalized spacial score (nSPS) is 30.0. The average molecular weight is 367 g/mol. The lowest BCUT2D eigenvalue weighted by molar-refractivity contribution is -0.0907. The molecular weight excluding hydrogens is 320 g/mol. The van der Waals surface area contributed by atoms with E-state index in [-0.39, 0.29) is 22.2 Å². The minimum absolute atomic E-state index is 0.218. The van der Waals surface area contributed by atoms with Crippen LogP contribution in [0.15, 0.2) is 0 Å². The Labute approximate surface area is 163 Å². The van der Waals surface area contributed by atoms with Gasteiger partial charge in [-0.2, -0.15) is 0 Å². The third kappa shape index (κ3) is 4.14. The highest BCUT2D eigenvalue weighted by Gasteiger charge is 2.49. The van der Waals surface area contributed by atoms with Crippen molar-refractivity contribution in [1.82, 2.24) is 14.7 Å². The predicted octanol–water partition coefficient (Wildman–Crippen LogP) is 3.55. The second-order valence-corrected chi connectivity index (χ2v) is 11.5. The second kappa shape index (κ2) is 7.02. The Bertz CT molecular complexity index is 416. The summed E-state index contributed by atoms with van der Waals surface area (Å²) >= 11 is 0. The molecule has 0 aliphatic carbocycles. The first-order chi connectivity index (χ1) is 11.6. The van der Waals surface area contributed by atoms with Crippen molar-refractivity contribution in [3.63, 3.8) is 0 Å². The monoisotopic (exact) mass is 366 g/mol. The van der Waals surface area contributed by atoms with E-state index in [1.165, 1.54) is 25.7 Å². The molecule has 4 heteroatoms. The smallest absolute Gasteiger partial charge is 0.0170 e. The maximum atomic E-state index is 6.11. The molecule has 2 fully saturated rings. The molecule has 0 atom stereocenters. The van der Waals surface area contributed by atoms with Crippen molar-refractivity contribution in [1.29, 1.82) is 0 Å². The zero-order valence-corrected chi connectivity index (χ0v) is 19.3. The molecule has 2 heterocycles. The van der Waals surface area contributed by atoms with Crippen LogP contribution in [0.2, 0.25) is 0 Å². The van der Waals surface area contributed by atoms with Crippen LogP contribution in [0.3, 0.4) is 0 Å². The van der Waals surface area contributed by atoms with Gasteiger partial charge in [0.25, 0.3) is 0 Å². The van der Waals surface area contributed by atoms with Gasteiger partial charge in [0.2, 0.25) is 0 Å². The SMILES string of the molecule is CN1C(C)(C)CC(N(CCN)C2CC(C)(C)N(C)C(C)(C)C2)CC1(C)C. The van der Waals surface area contributed by atoms with Crippen LogP contribution in [0, 0.1) is 0 Å². The molecule has 0 aromatic heterocycles.